The molecule has 18 heavy (non-hydrogen) atoms. The third-order valence-electron chi connectivity index (χ3n) is 3.43. The van der Waals surface area contributed by atoms with Gasteiger partial charge in [-0.2, -0.15) is 0 Å². The average Bonchev–Trinajstić information content (AvgIpc) is 2.77. The third kappa shape index (κ3) is 3.01. The number of thiophene rings is 1. The summed E-state index contributed by atoms with van der Waals surface area (Å²) >= 11 is 1.83. The molecule has 1 nitrogen and oxygen atoms in total. The largest absolute Gasteiger partial charge is 0.313 e. The van der Waals surface area contributed by atoms with E-state index in [-0.39, 0.29) is 0 Å². The molecule has 0 aliphatic heterocycles. The van der Waals surface area contributed by atoms with Gasteiger partial charge in [0.05, 0.1) is 0 Å². The molecule has 1 atom stereocenters. The molecule has 0 saturated heterocycles. The molecule has 0 saturated carbocycles. The van der Waals surface area contributed by atoms with Crippen molar-refractivity contribution in [1.29, 1.82) is 0 Å². The van der Waals surface area contributed by atoms with Crippen LogP contribution in [0.3, 0.4) is 0 Å². The first kappa shape index (κ1) is 13.3. The monoisotopic (exact) mass is 259 g/mol. The van der Waals surface area contributed by atoms with Gasteiger partial charge in [-0.3, -0.25) is 0 Å². The number of hydrogen-bond acceptors (Lipinski definition) is 2. The summed E-state index contributed by atoms with van der Waals surface area (Å²) in [6.45, 7) is 6.52. The van der Waals surface area contributed by atoms with Gasteiger partial charge >= 0.3 is 0 Å². The lowest BCUT2D eigenvalue weighted by Gasteiger charge is -2.17. The normalized spacial score (nSPS) is 12.7. The number of rotatable bonds is 4. The van der Waals surface area contributed by atoms with E-state index in [1.165, 1.54) is 27.1 Å². The van der Waals surface area contributed by atoms with Crippen LogP contribution >= 0.6 is 11.3 Å². The van der Waals surface area contributed by atoms with Crippen LogP contribution in [0, 0.1) is 20.8 Å². The molecule has 0 aliphatic carbocycles. The Morgan fingerprint density at radius 1 is 1.17 bits per heavy atom. The van der Waals surface area contributed by atoms with Crippen LogP contribution in [0.15, 0.2) is 29.6 Å². The van der Waals surface area contributed by atoms with E-state index < -0.39 is 0 Å². The molecule has 2 aromatic rings. The molecule has 1 aromatic heterocycles. The lowest BCUT2D eigenvalue weighted by Crippen LogP contribution is -2.18. The summed E-state index contributed by atoms with van der Waals surface area (Å²) in [4.78, 5) is 1.38. The molecule has 0 bridgehead atoms. The molecule has 2 rings (SSSR count). The van der Waals surface area contributed by atoms with Crippen LogP contribution in [-0.4, -0.2) is 7.05 Å². The molecule has 1 unspecified atom stereocenters. The van der Waals surface area contributed by atoms with Gasteiger partial charge in [0.15, 0.2) is 0 Å². The average molecular weight is 259 g/mol. The predicted molar refractivity (Wildman–Crippen MR) is 80.5 cm³/mol. The summed E-state index contributed by atoms with van der Waals surface area (Å²) in [5.41, 5.74) is 5.57. The van der Waals surface area contributed by atoms with Crippen LogP contribution in [-0.2, 0) is 6.42 Å². The number of hydrogen-bond donors (Lipinski definition) is 1. The SMILES string of the molecule is CNC(Cc1cc(C)ccc1C)c1csc(C)c1. The van der Waals surface area contributed by atoms with Gasteiger partial charge in [-0.15, -0.1) is 11.3 Å². The minimum atomic E-state index is 0.412. The maximum absolute atomic E-state index is 3.43. The van der Waals surface area contributed by atoms with Crippen molar-refractivity contribution >= 4 is 11.3 Å². The summed E-state index contributed by atoms with van der Waals surface area (Å²) in [6.07, 6.45) is 1.06. The van der Waals surface area contributed by atoms with Gasteiger partial charge in [-0.25, -0.2) is 0 Å². The Morgan fingerprint density at radius 2 is 1.94 bits per heavy atom. The fraction of sp³-hybridized carbons (Fsp3) is 0.375. The van der Waals surface area contributed by atoms with Crippen LogP contribution in [0.5, 0.6) is 0 Å². The van der Waals surface area contributed by atoms with E-state index in [1.54, 1.807) is 0 Å². The van der Waals surface area contributed by atoms with Gasteiger partial charge in [-0.05, 0) is 62.4 Å². The maximum atomic E-state index is 3.43. The van der Waals surface area contributed by atoms with Crippen molar-refractivity contribution < 1.29 is 0 Å². The van der Waals surface area contributed by atoms with Gasteiger partial charge in [0.2, 0.25) is 0 Å². The Balaban J connectivity index is 2.22. The quantitative estimate of drug-likeness (QED) is 0.868. The van der Waals surface area contributed by atoms with Crippen molar-refractivity contribution in [1.82, 2.24) is 5.32 Å². The highest BCUT2D eigenvalue weighted by Gasteiger charge is 2.12. The van der Waals surface area contributed by atoms with Gasteiger partial charge in [0.25, 0.3) is 0 Å². The van der Waals surface area contributed by atoms with Gasteiger partial charge in [0, 0.05) is 10.9 Å². The Labute approximate surface area is 114 Å². The molecule has 1 aromatic carbocycles. The second-order valence-corrected chi connectivity index (χ2v) is 6.08. The van der Waals surface area contributed by atoms with Crippen molar-refractivity contribution in [2.24, 2.45) is 0 Å². The highest BCUT2D eigenvalue weighted by Crippen LogP contribution is 2.25. The smallest absolute Gasteiger partial charge is 0.0366 e. The van der Waals surface area contributed by atoms with Crippen LogP contribution in [0.1, 0.15) is 33.2 Å². The van der Waals surface area contributed by atoms with E-state index in [4.69, 9.17) is 0 Å². The van der Waals surface area contributed by atoms with Crippen molar-refractivity contribution in [3.8, 4) is 0 Å². The molecule has 0 radical (unpaired) electrons. The van der Waals surface area contributed by atoms with E-state index in [0.29, 0.717) is 6.04 Å². The summed E-state index contributed by atoms with van der Waals surface area (Å²) in [7, 11) is 2.04. The molecule has 0 spiro atoms. The van der Waals surface area contributed by atoms with E-state index in [0.717, 1.165) is 6.42 Å². The summed E-state index contributed by atoms with van der Waals surface area (Å²) in [6, 6.07) is 9.41. The number of aryl methyl sites for hydroxylation is 3. The Kier molecular flexibility index (Phi) is 4.20. The lowest BCUT2D eigenvalue weighted by atomic mass is 9.96. The molecule has 0 amide bonds. The molecule has 0 fully saturated rings. The first-order valence-corrected chi connectivity index (χ1v) is 7.26. The standard InChI is InChI=1S/C16H21NS/c1-11-5-6-12(2)14(7-11)9-16(17-4)15-8-13(3)18-10-15/h5-8,10,16-17H,9H2,1-4H3. The minimum absolute atomic E-state index is 0.412. The molecule has 1 heterocycles. The van der Waals surface area contributed by atoms with E-state index >= 15 is 0 Å². The van der Waals surface area contributed by atoms with E-state index in [1.807, 2.05) is 18.4 Å². The second kappa shape index (κ2) is 5.68. The van der Waals surface area contributed by atoms with Crippen LogP contribution in [0.25, 0.3) is 0 Å². The van der Waals surface area contributed by atoms with Crippen LogP contribution in [0.2, 0.25) is 0 Å². The fourth-order valence-electron chi connectivity index (χ4n) is 2.27. The zero-order chi connectivity index (χ0) is 13.1. The second-order valence-electron chi connectivity index (χ2n) is 4.97. The van der Waals surface area contributed by atoms with Crippen molar-refractivity contribution in [3.63, 3.8) is 0 Å². The molecule has 96 valence electrons. The first-order chi connectivity index (χ1) is 8.60. The Bertz CT molecular complexity index is 528. The number of benzene rings is 1. The number of nitrogens with one attached hydrogen (secondary N) is 1. The topological polar surface area (TPSA) is 12.0 Å². The van der Waals surface area contributed by atoms with E-state index in [2.05, 4.69) is 55.7 Å². The summed E-state index contributed by atoms with van der Waals surface area (Å²) < 4.78 is 0. The maximum Gasteiger partial charge on any atom is 0.0366 e. The molecule has 2 heteroatoms. The lowest BCUT2D eigenvalue weighted by molar-refractivity contribution is 0.592. The van der Waals surface area contributed by atoms with Gasteiger partial charge in [0.1, 0.15) is 0 Å². The van der Waals surface area contributed by atoms with Crippen LogP contribution < -0.4 is 5.32 Å². The van der Waals surface area contributed by atoms with Crippen LogP contribution in [0.4, 0.5) is 0 Å². The first-order valence-electron chi connectivity index (χ1n) is 6.38. The van der Waals surface area contributed by atoms with E-state index in [9.17, 15) is 0 Å². The van der Waals surface area contributed by atoms with Crippen molar-refractivity contribution in [2.75, 3.05) is 7.05 Å². The minimum Gasteiger partial charge on any atom is -0.313 e. The third-order valence-corrected chi connectivity index (χ3v) is 4.31. The van der Waals surface area contributed by atoms with Gasteiger partial charge < -0.3 is 5.32 Å². The Hall–Kier alpha value is -1.12. The fourth-order valence-corrected chi connectivity index (χ4v) is 3.03. The Morgan fingerprint density at radius 3 is 2.56 bits per heavy atom. The zero-order valence-electron chi connectivity index (χ0n) is 11.6. The molecule has 0 aliphatic rings. The predicted octanol–water partition coefficient (Wildman–Crippen LogP) is 4.18. The summed E-state index contributed by atoms with van der Waals surface area (Å²) in [5, 5.41) is 5.70. The molecular formula is C16H21NS. The molecule has 1 N–H and O–H groups in total. The van der Waals surface area contributed by atoms with Crippen molar-refractivity contribution in [2.45, 2.75) is 33.2 Å². The summed E-state index contributed by atoms with van der Waals surface area (Å²) in [5.74, 6) is 0. The molecular weight excluding hydrogens is 238 g/mol. The number of likely N-dealkylation sites (N-methyl/N-ethyl adjacent to an activating group) is 1. The van der Waals surface area contributed by atoms with Gasteiger partial charge in [-0.1, -0.05) is 23.8 Å². The highest BCUT2D eigenvalue weighted by atomic mass is 32.1. The zero-order valence-corrected chi connectivity index (χ0v) is 12.4. The highest BCUT2D eigenvalue weighted by molar-refractivity contribution is 7.10. The van der Waals surface area contributed by atoms with Crippen molar-refractivity contribution in [3.05, 3.63) is 56.8 Å².